The van der Waals surface area contributed by atoms with E-state index in [4.69, 9.17) is 17.3 Å². The quantitative estimate of drug-likeness (QED) is 0.799. The van der Waals surface area contributed by atoms with Gasteiger partial charge < -0.3 is 10.6 Å². The van der Waals surface area contributed by atoms with E-state index in [1.807, 2.05) is 30.3 Å². The molecule has 1 heterocycles. The molecule has 0 aromatic heterocycles. The lowest BCUT2D eigenvalue weighted by molar-refractivity contribution is -0.134. The molecule has 0 spiro atoms. The Balaban J connectivity index is 0.00000182. The first-order valence-electron chi connectivity index (χ1n) is 8.30. The zero-order valence-corrected chi connectivity index (χ0v) is 17.1. The van der Waals surface area contributed by atoms with Crippen molar-refractivity contribution >= 4 is 42.3 Å². The van der Waals surface area contributed by atoms with Gasteiger partial charge in [0.25, 0.3) is 0 Å². The molecule has 2 aromatic rings. The summed E-state index contributed by atoms with van der Waals surface area (Å²) in [6, 6.07) is 13.2. The van der Waals surface area contributed by atoms with Gasteiger partial charge in [-0.3, -0.25) is 9.69 Å². The lowest BCUT2D eigenvalue weighted by Crippen LogP contribution is -2.50. The maximum atomic E-state index is 13.1. The second kappa shape index (κ2) is 10.8. The minimum Gasteiger partial charge on any atom is -0.338 e. The molecule has 0 aliphatic carbocycles. The first-order valence-corrected chi connectivity index (χ1v) is 8.68. The first kappa shape index (κ1) is 23.7. The van der Waals surface area contributed by atoms with Gasteiger partial charge in [-0.2, -0.15) is 0 Å². The molecule has 0 bridgehead atoms. The van der Waals surface area contributed by atoms with Gasteiger partial charge in [0, 0.05) is 37.7 Å². The summed E-state index contributed by atoms with van der Waals surface area (Å²) in [6.07, 6.45) is 0. The number of carbonyl (C=O) groups is 1. The van der Waals surface area contributed by atoms with Crippen LogP contribution in [0.4, 0.5) is 4.39 Å². The minimum absolute atomic E-state index is 0. The van der Waals surface area contributed by atoms with Crippen molar-refractivity contribution in [3.05, 3.63) is 70.5 Å². The lowest BCUT2D eigenvalue weighted by Gasteiger charge is -2.36. The molecular weight excluding hydrogens is 412 g/mol. The molecule has 2 aromatic carbocycles. The van der Waals surface area contributed by atoms with Gasteiger partial charge in [0.15, 0.2) is 0 Å². The number of carbonyl (C=O) groups excluding carboxylic acids is 1. The van der Waals surface area contributed by atoms with Gasteiger partial charge in [0.1, 0.15) is 11.9 Å². The second-order valence-corrected chi connectivity index (χ2v) is 6.63. The molecule has 1 fully saturated rings. The molecule has 27 heavy (non-hydrogen) atoms. The van der Waals surface area contributed by atoms with E-state index < -0.39 is 6.04 Å². The van der Waals surface area contributed by atoms with E-state index in [1.165, 1.54) is 12.1 Å². The molecule has 1 aliphatic heterocycles. The highest BCUT2D eigenvalue weighted by Gasteiger charge is 2.26. The highest BCUT2D eigenvalue weighted by atomic mass is 35.5. The molecule has 0 radical (unpaired) electrons. The zero-order chi connectivity index (χ0) is 17.8. The molecular formula is C19H23Cl3FN3O. The minimum atomic E-state index is -0.626. The van der Waals surface area contributed by atoms with Gasteiger partial charge in [-0.25, -0.2) is 4.39 Å². The maximum absolute atomic E-state index is 13.1. The van der Waals surface area contributed by atoms with E-state index in [2.05, 4.69) is 4.90 Å². The smallest absolute Gasteiger partial charge is 0.244 e. The van der Waals surface area contributed by atoms with Crippen LogP contribution >= 0.6 is 36.4 Å². The topological polar surface area (TPSA) is 49.6 Å². The number of amides is 1. The SMILES string of the molecule is Cl.Cl.NC(C(=O)N1CCN(Cc2ccc(F)cc2Cl)CC1)c1ccccc1. The first-order chi connectivity index (χ1) is 12.0. The molecule has 1 aliphatic rings. The van der Waals surface area contributed by atoms with Crippen LogP contribution in [-0.2, 0) is 11.3 Å². The summed E-state index contributed by atoms with van der Waals surface area (Å²) in [5, 5.41) is 0.435. The van der Waals surface area contributed by atoms with Crippen molar-refractivity contribution in [2.75, 3.05) is 26.2 Å². The van der Waals surface area contributed by atoms with Crippen molar-refractivity contribution in [1.29, 1.82) is 0 Å². The van der Waals surface area contributed by atoms with Crippen LogP contribution in [0.2, 0.25) is 5.02 Å². The Morgan fingerprint density at radius 1 is 1.07 bits per heavy atom. The maximum Gasteiger partial charge on any atom is 0.244 e. The van der Waals surface area contributed by atoms with Crippen LogP contribution < -0.4 is 5.73 Å². The van der Waals surface area contributed by atoms with Gasteiger partial charge in [0.05, 0.1) is 0 Å². The second-order valence-electron chi connectivity index (χ2n) is 6.23. The highest BCUT2D eigenvalue weighted by Crippen LogP contribution is 2.20. The van der Waals surface area contributed by atoms with E-state index in [9.17, 15) is 9.18 Å². The van der Waals surface area contributed by atoms with Gasteiger partial charge in [-0.1, -0.05) is 48.0 Å². The van der Waals surface area contributed by atoms with Gasteiger partial charge in [-0.05, 0) is 23.3 Å². The van der Waals surface area contributed by atoms with Crippen molar-refractivity contribution in [1.82, 2.24) is 9.80 Å². The summed E-state index contributed by atoms with van der Waals surface area (Å²) in [5.41, 5.74) is 7.82. The Morgan fingerprint density at radius 3 is 2.30 bits per heavy atom. The third-order valence-electron chi connectivity index (χ3n) is 4.52. The van der Waals surface area contributed by atoms with Crippen LogP contribution in [0.25, 0.3) is 0 Å². The Hall–Kier alpha value is -1.37. The fourth-order valence-electron chi connectivity index (χ4n) is 3.02. The van der Waals surface area contributed by atoms with Crippen LogP contribution in [0, 0.1) is 5.82 Å². The molecule has 2 N–H and O–H groups in total. The summed E-state index contributed by atoms with van der Waals surface area (Å²) < 4.78 is 13.1. The molecule has 4 nitrogen and oxygen atoms in total. The number of nitrogens with zero attached hydrogens (tertiary/aromatic N) is 2. The van der Waals surface area contributed by atoms with Crippen molar-refractivity contribution < 1.29 is 9.18 Å². The van der Waals surface area contributed by atoms with Gasteiger partial charge >= 0.3 is 0 Å². The normalized spacial score (nSPS) is 15.4. The van der Waals surface area contributed by atoms with E-state index in [-0.39, 0.29) is 36.5 Å². The fourth-order valence-corrected chi connectivity index (χ4v) is 3.24. The van der Waals surface area contributed by atoms with Crippen LogP contribution in [0.15, 0.2) is 48.5 Å². The van der Waals surface area contributed by atoms with Gasteiger partial charge in [0.2, 0.25) is 5.91 Å². The molecule has 8 heteroatoms. The van der Waals surface area contributed by atoms with Crippen molar-refractivity contribution in [2.24, 2.45) is 5.73 Å². The van der Waals surface area contributed by atoms with Gasteiger partial charge in [-0.15, -0.1) is 24.8 Å². The third-order valence-corrected chi connectivity index (χ3v) is 4.87. The number of hydrogen-bond donors (Lipinski definition) is 1. The van der Waals surface area contributed by atoms with E-state index >= 15 is 0 Å². The highest BCUT2D eigenvalue weighted by molar-refractivity contribution is 6.31. The van der Waals surface area contributed by atoms with Crippen LogP contribution in [-0.4, -0.2) is 41.9 Å². The third kappa shape index (κ3) is 6.06. The van der Waals surface area contributed by atoms with Crippen molar-refractivity contribution in [3.8, 4) is 0 Å². The summed E-state index contributed by atoms with van der Waals surface area (Å²) in [5.74, 6) is -0.385. The molecule has 1 atom stereocenters. The molecule has 1 amide bonds. The molecule has 0 saturated carbocycles. The summed E-state index contributed by atoms with van der Waals surface area (Å²) in [6.45, 7) is 3.37. The molecule has 1 unspecified atom stereocenters. The number of halogens is 4. The van der Waals surface area contributed by atoms with Crippen molar-refractivity contribution in [3.63, 3.8) is 0 Å². The summed E-state index contributed by atoms with van der Waals surface area (Å²) >= 11 is 6.09. The molecule has 148 valence electrons. The number of nitrogens with two attached hydrogens (primary N) is 1. The lowest BCUT2D eigenvalue weighted by atomic mass is 10.1. The molecule has 3 rings (SSSR count). The van der Waals surface area contributed by atoms with Crippen LogP contribution in [0.1, 0.15) is 17.2 Å². The fraction of sp³-hybridized carbons (Fsp3) is 0.316. The van der Waals surface area contributed by atoms with Crippen LogP contribution in [0.3, 0.4) is 0 Å². The summed E-state index contributed by atoms with van der Waals surface area (Å²) in [4.78, 5) is 16.6. The number of piperazine rings is 1. The zero-order valence-electron chi connectivity index (χ0n) is 14.7. The average Bonchev–Trinajstić information content (AvgIpc) is 2.64. The summed E-state index contributed by atoms with van der Waals surface area (Å²) in [7, 11) is 0. The Labute approximate surface area is 176 Å². The predicted molar refractivity (Wildman–Crippen MR) is 111 cm³/mol. The average molecular weight is 435 g/mol. The number of hydrogen-bond acceptors (Lipinski definition) is 3. The van der Waals surface area contributed by atoms with E-state index in [0.717, 1.165) is 24.2 Å². The Bertz CT molecular complexity index is 740. The number of benzene rings is 2. The van der Waals surface area contributed by atoms with E-state index in [0.29, 0.717) is 24.7 Å². The van der Waals surface area contributed by atoms with Crippen molar-refractivity contribution in [2.45, 2.75) is 12.6 Å². The monoisotopic (exact) mass is 433 g/mol. The Morgan fingerprint density at radius 2 is 1.70 bits per heavy atom. The standard InChI is InChI=1S/C19H21ClFN3O.2ClH/c20-17-12-16(21)7-6-15(17)13-23-8-10-24(11-9-23)19(25)18(22)14-4-2-1-3-5-14;;/h1-7,12,18H,8-11,13,22H2;2*1H. The Kier molecular flexibility index (Phi) is 9.50. The van der Waals surface area contributed by atoms with Crippen LogP contribution in [0.5, 0.6) is 0 Å². The predicted octanol–water partition coefficient (Wildman–Crippen LogP) is 3.67. The largest absolute Gasteiger partial charge is 0.338 e. The molecule has 1 saturated heterocycles. The number of rotatable bonds is 4. The van der Waals surface area contributed by atoms with E-state index in [1.54, 1.807) is 11.0 Å².